The molecule has 0 aliphatic carbocycles. The second-order valence-corrected chi connectivity index (χ2v) is 2.89. The van der Waals surface area contributed by atoms with E-state index in [1.54, 1.807) is 0 Å². The maximum atomic E-state index is 10.8. The van der Waals surface area contributed by atoms with Crippen molar-refractivity contribution in [2.24, 2.45) is 5.16 Å². The molecule has 0 saturated heterocycles. The van der Waals surface area contributed by atoms with E-state index in [-0.39, 0.29) is 0 Å². The van der Waals surface area contributed by atoms with Gasteiger partial charge in [-0.1, -0.05) is 42.4 Å². The van der Waals surface area contributed by atoms with Gasteiger partial charge in [0, 0.05) is 7.05 Å². The van der Waals surface area contributed by atoms with Crippen LogP contribution in [0.15, 0.2) is 35.5 Å². The van der Waals surface area contributed by atoms with E-state index < -0.39 is 6.09 Å². The largest absolute Gasteiger partial charge is 0.433 e. The number of rotatable bonds is 3. The molecule has 0 radical (unpaired) electrons. The number of nitrogens with zero attached hydrogens (tertiary/aromatic N) is 1. The number of amides is 1. The van der Waals surface area contributed by atoms with Crippen LogP contribution in [0.4, 0.5) is 4.79 Å². The molecule has 1 aromatic rings. The molecule has 0 spiro atoms. The highest BCUT2D eigenvalue weighted by molar-refractivity contribution is 6.00. The second kappa shape index (κ2) is 5.80. The van der Waals surface area contributed by atoms with Crippen LogP contribution in [-0.4, -0.2) is 18.9 Å². The SMILES string of the molecule is CC/C(=N/OC(=O)NC)c1ccccc1. The summed E-state index contributed by atoms with van der Waals surface area (Å²) in [5.74, 6) is 0. The van der Waals surface area contributed by atoms with Crippen molar-refractivity contribution in [3.05, 3.63) is 35.9 Å². The minimum absolute atomic E-state index is 0.558. The van der Waals surface area contributed by atoms with Gasteiger partial charge in [0.15, 0.2) is 0 Å². The van der Waals surface area contributed by atoms with Crippen LogP contribution in [0.25, 0.3) is 0 Å². The molecule has 0 bridgehead atoms. The van der Waals surface area contributed by atoms with Gasteiger partial charge in [-0.2, -0.15) is 0 Å². The van der Waals surface area contributed by atoms with Crippen molar-refractivity contribution in [1.82, 2.24) is 5.32 Å². The van der Waals surface area contributed by atoms with Crippen molar-refractivity contribution in [2.45, 2.75) is 13.3 Å². The normalized spacial score (nSPS) is 10.9. The van der Waals surface area contributed by atoms with Gasteiger partial charge < -0.3 is 5.32 Å². The lowest BCUT2D eigenvalue weighted by Gasteiger charge is -2.02. The molecule has 15 heavy (non-hydrogen) atoms. The Morgan fingerprint density at radius 3 is 2.60 bits per heavy atom. The predicted molar refractivity (Wildman–Crippen MR) is 58.8 cm³/mol. The van der Waals surface area contributed by atoms with E-state index in [4.69, 9.17) is 0 Å². The predicted octanol–water partition coefficient (Wildman–Crippen LogP) is 2.16. The molecule has 0 unspecified atom stereocenters. The zero-order valence-electron chi connectivity index (χ0n) is 8.86. The van der Waals surface area contributed by atoms with Gasteiger partial charge in [-0.25, -0.2) is 4.79 Å². The maximum Gasteiger partial charge on any atom is 0.433 e. The van der Waals surface area contributed by atoms with Gasteiger partial charge in [0.05, 0.1) is 5.71 Å². The molecular weight excluding hydrogens is 192 g/mol. The van der Waals surface area contributed by atoms with E-state index in [2.05, 4.69) is 15.3 Å². The number of nitrogens with one attached hydrogen (secondary N) is 1. The third kappa shape index (κ3) is 3.42. The molecule has 4 nitrogen and oxygen atoms in total. The van der Waals surface area contributed by atoms with Gasteiger partial charge in [0.2, 0.25) is 0 Å². The van der Waals surface area contributed by atoms with Gasteiger partial charge in [0.25, 0.3) is 0 Å². The molecule has 4 heteroatoms. The minimum atomic E-state index is -0.558. The molecule has 1 rings (SSSR count). The van der Waals surface area contributed by atoms with Gasteiger partial charge in [0.1, 0.15) is 0 Å². The average molecular weight is 206 g/mol. The van der Waals surface area contributed by atoms with E-state index in [1.165, 1.54) is 7.05 Å². The Morgan fingerprint density at radius 1 is 1.40 bits per heavy atom. The number of hydrogen-bond donors (Lipinski definition) is 1. The molecule has 1 amide bonds. The molecule has 0 saturated carbocycles. The van der Waals surface area contributed by atoms with Crippen LogP contribution in [0.5, 0.6) is 0 Å². The van der Waals surface area contributed by atoms with E-state index in [9.17, 15) is 4.79 Å². The summed E-state index contributed by atoms with van der Waals surface area (Å²) in [6, 6.07) is 9.61. The van der Waals surface area contributed by atoms with Crippen molar-refractivity contribution in [3.63, 3.8) is 0 Å². The third-order valence-electron chi connectivity index (χ3n) is 1.88. The zero-order valence-corrected chi connectivity index (χ0v) is 8.86. The van der Waals surface area contributed by atoms with Crippen molar-refractivity contribution in [1.29, 1.82) is 0 Å². The number of carbonyl (C=O) groups is 1. The molecule has 0 aliphatic rings. The fraction of sp³-hybridized carbons (Fsp3) is 0.273. The van der Waals surface area contributed by atoms with Crippen LogP contribution in [-0.2, 0) is 4.84 Å². The summed E-state index contributed by atoms with van der Waals surface area (Å²) in [5.41, 5.74) is 1.71. The third-order valence-corrected chi connectivity index (χ3v) is 1.88. The van der Waals surface area contributed by atoms with Gasteiger partial charge in [-0.05, 0) is 12.0 Å². The molecule has 1 aromatic carbocycles. The fourth-order valence-electron chi connectivity index (χ4n) is 1.09. The summed E-state index contributed by atoms with van der Waals surface area (Å²) >= 11 is 0. The first-order valence-electron chi connectivity index (χ1n) is 4.79. The van der Waals surface area contributed by atoms with E-state index in [0.717, 1.165) is 11.3 Å². The Kier molecular flexibility index (Phi) is 4.34. The molecular formula is C11H14N2O2. The Hall–Kier alpha value is -1.84. The van der Waals surface area contributed by atoms with Crippen molar-refractivity contribution in [2.75, 3.05) is 7.05 Å². The number of oxime groups is 1. The second-order valence-electron chi connectivity index (χ2n) is 2.89. The summed E-state index contributed by atoms with van der Waals surface area (Å²) in [5, 5.41) is 6.12. The number of benzene rings is 1. The van der Waals surface area contributed by atoms with Gasteiger partial charge >= 0.3 is 6.09 Å². The minimum Gasteiger partial charge on any atom is -0.323 e. The molecule has 0 fully saturated rings. The van der Waals surface area contributed by atoms with Crippen LogP contribution in [0.2, 0.25) is 0 Å². The fourth-order valence-corrected chi connectivity index (χ4v) is 1.09. The smallest absolute Gasteiger partial charge is 0.323 e. The lowest BCUT2D eigenvalue weighted by Crippen LogP contribution is -2.17. The summed E-state index contributed by atoms with van der Waals surface area (Å²) in [4.78, 5) is 15.5. The first-order valence-corrected chi connectivity index (χ1v) is 4.79. The van der Waals surface area contributed by atoms with E-state index >= 15 is 0 Å². The lowest BCUT2D eigenvalue weighted by molar-refractivity contribution is 0.153. The van der Waals surface area contributed by atoms with Crippen molar-refractivity contribution >= 4 is 11.8 Å². The van der Waals surface area contributed by atoms with Gasteiger partial charge in [-0.3, -0.25) is 4.84 Å². The number of hydrogen-bond acceptors (Lipinski definition) is 3. The Balaban J connectivity index is 2.76. The molecule has 0 atom stereocenters. The monoisotopic (exact) mass is 206 g/mol. The number of carbonyl (C=O) groups excluding carboxylic acids is 1. The molecule has 0 aliphatic heterocycles. The summed E-state index contributed by atoms with van der Waals surface area (Å²) < 4.78 is 0. The topological polar surface area (TPSA) is 50.7 Å². The van der Waals surface area contributed by atoms with Crippen LogP contribution in [0, 0.1) is 0 Å². The Labute approximate surface area is 88.9 Å². The van der Waals surface area contributed by atoms with Crippen LogP contribution in [0.3, 0.4) is 0 Å². The first-order chi connectivity index (χ1) is 7.27. The van der Waals surface area contributed by atoms with Crippen LogP contribution < -0.4 is 5.32 Å². The summed E-state index contributed by atoms with van der Waals surface area (Å²) in [6.45, 7) is 1.96. The Bertz CT molecular complexity index is 347. The molecule has 80 valence electrons. The summed E-state index contributed by atoms with van der Waals surface area (Å²) in [7, 11) is 1.49. The average Bonchev–Trinajstić information content (AvgIpc) is 2.31. The van der Waals surface area contributed by atoms with Crippen LogP contribution >= 0.6 is 0 Å². The quantitative estimate of drug-likeness (QED) is 0.468. The lowest BCUT2D eigenvalue weighted by atomic mass is 10.1. The first kappa shape index (κ1) is 11.2. The van der Waals surface area contributed by atoms with E-state index in [1.807, 2.05) is 37.3 Å². The maximum absolute atomic E-state index is 10.8. The highest BCUT2D eigenvalue weighted by Crippen LogP contribution is 2.04. The van der Waals surface area contributed by atoms with Gasteiger partial charge in [-0.15, -0.1) is 0 Å². The highest BCUT2D eigenvalue weighted by Gasteiger charge is 2.02. The molecule has 0 aromatic heterocycles. The zero-order chi connectivity index (χ0) is 11.1. The molecule has 1 N–H and O–H groups in total. The standard InChI is InChI=1S/C11H14N2O2/c1-3-10(13-15-11(14)12-2)9-7-5-4-6-8-9/h4-8H,3H2,1-2H3,(H,12,14)/b13-10-. The van der Waals surface area contributed by atoms with Crippen molar-refractivity contribution in [3.8, 4) is 0 Å². The van der Waals surface area contributed by atoms with Crippen LogP contribution in [0.1, 0.15) is 18.9 Å². The molecule has 0 heterocycles. The van der Waals surface area contributed by atoms with E-state index in [0.29, 0.717) is 6.42 Å². The highest BCUT2D eigenvalue weighted by atomic mass is 16.7. The Morgan fingerprint density at radius 2 is 2.07 bits per heavy atom. The van der Waals surface area contributed by atoms with Crippen molar-refractivity contribution < 1.29 is 9.63 Å². The summed E-state index contributed by atoms with van der Waals surface area (Å²) in [6.07, 6.45) is 0.151.